The van der Waals surface area contributed by atoms with Gasteiger partial charge in [0.2, 0.25) is 0 Å². The Labute approximate surface area is 95.2 Å². The molecule has 0 bridgehead atoms. The molecule has 4 heteroatoms. The maximum absolute atomic E-state index is 5.84. The Bertz CT molecular complexity index is 303. The number of nitrogens with two attached hydrogens (primary N) is 1. The Morgan fingerprint density at radius 3 is 3.00 bits per heavy atom. The van der Waals surface area contributed by atoms with Crippen LogP contribution in [-0.4, -0.2) is 27.7 Å². The lowest BCUT2D eigenvalue weighted by atomic mass is 9.94. The number of rotatable bonds is 3. The highest BCUT2D eigenvalue weighted by Gasteiger charge is 2.20. The van der Waals surface area contributed by atoms with Gasteiger partial charge in [0.05, 0.1) is 6.20 Å². The summed E-state index contributed by atoms with van der Waals surface area (Å²) in [5.74, 6) is 3.24. The molecular formula is C11H19N3S. The third kappa shape index (κ3) is 2.75. The first-order valence-electron chi connectivity index (χ1n) is 5.63. The Hall–Kier alpha value is -0.480. The summed E-state index contributed by atoms with van der Waals surface area (Å²) in [4.78, 5) is 0. The maximum atomic E-state index is 5.84. The SMILES string of the molecule is CC(N)Cc1cn[nH]c1C1CCSCC1. The van der Waals surface area contributed by atoms with E-state index in [0.717, 1.165) is 6.42 Å². The number of nitrogens with zero attached hydrogens (tertiary/aromatic N) is 1. The molecule has 2 rings (SSSR count). The van der Waals surface area contributed by atoms with Crippen molar-refractivity contribution in [3.63, 3.8) is 0 Å². The van der Waals surface area contributed by atoms with E-state index in [1.807, 2.05) is 13.1 Å². The summed E-state index contributed by atoms with van der Waals surface area (Å²) in [6.45, 7) is 2.05. The summed E-state index contributed by atoms with van der Waals surface area (Å²) < 4.78 is 0. The van der Waals surface area contributed by atoms with Crippen molar-refractivity contribution in [3.05, 3.63) is 17.5 Å². The minimum atomic E-state index is 0.222. The summed E-state index contributed by atoms with van der Waals surface area (Å²) in [7, 11) is 0. The predicted molar refractivity (Wildman–Crippen MR) is 65.2 cm³/mol. The lowest BCUT2D eigenvalue weighted by Crippen LogP contribution is -2.19. The fraction of sp³-hybridized carbons (Fsp3) is 0.727. The second-order valence-corrected chi connectivity index (χ2v) is 5.60. The van der Waals surface area contributed by atoms with E-state index in [0.29, 0.717) is 5.92 Å². The number of thioether (sulfide) groups is 1. The van der Waals surface area contributed by atoms with Crippen molar-refractivity contribution in [2.24, 2.45) is 5.73 Å². The van der Waals surface area contributed by atoms with Crippen molar-refractivity contribution >= 4 is 11.8 Å². The van der Waals surface area contributed by atoms with Crippen LogP contribution in [0.1, 0.15) is 36.9 Å². The number of hydrogen-bond donors (Lipinski definition) is 2. The zero-order chi connectivity index (χ0) is 10.7. The quantitative estimate of drug-likeness (QED) is 0.826. The topological polar surface area (TPSA) is 54.7 Å². The Morgan fingerprint density at radius 1 is 1.60 bits per heavy atom. The van der Waals surface area contributed by atoms with Gasteiger partial charge in [0.15, 0.2) is 0 Å². The molecule has 15 heavy (non-hydrogen) atoms. The number of nitrogens with one attached hydrogen (secondary N) is 1. The summed E-state index contributed by atoms with van der Waals surface area (Å²) in [6.07, 6.45) is 5.44. The van der Waals surface area contributed by atoms with Gasteiger partial charge in [0.25, 0.3) is 0 Å². The van der Waals surface area contributed by atoms with Gasteiger partial charge < -0.3 is 5.73 Å². The van der Waals surface area contributed by atoms with Gasteiger partial charge in [0, 0.05) is 17.7 Å². The first kappa shape index (κ1) is 11.0. The first-order valence-corrected chi connectivity index (χ1v) is 6.78. The van der Waals surface area contributed by atoms with Gasteiger partial charge in [-0.25, -0.2) is 0 Å². The average Bonchev–Trinajstić information content (AvgIpc) is 2.66. The number of hydrogen-bond acceptors (Lipinski definition) is 3. The number of aromatic amines is 1. The summed E-state index contributed by atoms with van der Waals surface area (Å²) in [5, 5.41) is 7.33. The zero-order valence-electron chi connectivity index (χ0n) is 9.20. The molecule has 1 atom stereocenters. The van der Waals surface area contributed by atoms with Crippen LogP contribution in [0.25, 0.3) is 0 Å². The molecule has 3 N–H and O–H groups in total. The van der Waals surface area contributed by atoms with E-state index in [9.17, 15) is 0 Å². The number of H-pyrrole nitrogens is 1. The van der Waals surface area contributed by atoms with Crippen LogP contribution in [0.2, 0.25) is 0 Å². The molecule has 1 aliphatic heterocycles. The Kier molecular flexibility index (Phi) is 3.70. The Morgan fingerprint density at radius 2 is 2.33 bits per heavy atom. The van der Waals surface area contributed by atoms with Gasteiger partial charge in [-0.05, 0) is 43.3 Å². The fourth-order valence-electron chi connectivity index (χ4n) is 2.17. The van der Waals surface area contributed by atoms with Crippen LogP contribution in [0.5, 0.6) is 0 Å². The van der Waals surface area contributed by atoms with Crippen molar-refractivity contribution < 1.29 is 0 Å². The predicted octanol–water partition coefficient (Wildman–Crippen LogP) is 1.91. The van der Waals surface area contributed by atoms with Crippen LogP contribution in [0, 0.1) is 0 Å². The van der Waals surface area contributed by atoms with Gasteiger partial charge in [0.1, 0.15) is 0 Å². The normalized spacial score (nSPS) is 20.4. The van der Waals surface area contributed by atoms with Gasteiger partial charge >= 0.3 is 0 Å². The lowest BCUT2D eigenvalue weighted by molar-refractivity contribution is 0.605. The lowest BCUT2D eigenvalue weighted by Gasteiger charge is -2.21. The molecular weight excluding hydrogens is 206 g/mol. The monoisotopic (exact) mass is 225 g/mol. The summed E-state index contributed by atoms with van der Waals surface area (Å²) in [6, 6.07) is 0.222. The highest BCUT2D eigenvalue weighted by atomic mass is 32.2. The molecule has 0 amide bonds. The van der Waals surface area contributed by atoms with Crippen LogP contribution in [0.3, 0.4) is 0 Å². The van der Waals surface area contributed by atoms with Gasteiger partial charge in [-0.2, -0.15) is 16.9 Å². The van der Waals surface area contributed by atoms with Crippen molar-refractivity contribution in [1.29, 1.82) is 0 Å². The van der Waals surface area contributed by atoms with Crippen molar-refractivity contribution in [3.8, 4) is 0 Å². The zero-order valence-corrected chi connectivity index (χ0v) is 10.0. The molecule has 1 fully saturated rings. The minimum absolute atomic E-state index is 0.222. The van der Waals surface area contributed by atoms with E-state index >= 15 is 0 Å². The van der Waals surface area contributed by atoms with Gasteiger partial charge in [-0.1, -0.05) is 0 Å². The fourth-order valence-corrected chi connectivity index (χ4v) is 3.28. The van der Waals surface area contributed by atoms with E-state index in [1.165, 1.54) is 35.6 Å². The third-order valence-corrected chi connectivity index (χ3v) is 3.97. The maximum Gasteiger partial charge on any atom is 0.0522 e. The molecule has 1 aromatic rings. The first-order chi connectivity index (χ1) is 7.27. The highest BCUT2D eigenvalue weighted by molar-refractivity contribution is 7.99. The standard InChI is InChI=1S/C11H19N3S/c1-8(12)6-10-7-13-14-11(10)9-2-4-15-5-3-9/h7-9H,2-6,12H2,1H3,(H,13,14). The van der Waals surface area contributed by atoms with Crippen molar-refractivity contribution in [1.82, 2.24) is 10.2 Å². The largest absolute Gasteiger partial charge is 0.328 e. The minimum Gasteiger partial charge on any atom is -0.328 e. The van der Waals surface area contributed by atoms with Gasteiger partial charge in [-0.15, -0.1) is 0 Å². The number of aromatic nitrogens is 2. The summed E-state index contributed by atoms with van der Waals surface area (Å²) in [5.41, 5.74) is 8.50. The molecule has 0 spiro atoms. The van der Waals surface area contributed by atoms with Crippen LogP contribution in [0.15, 0.2) is 6.20 Å². The van der Waals surface area contributed by atoms with E-state index in [1.54, 1.807) is 0 Å². The van der Waals surface area contributed by atoms with Crippen LogP contribution >= 0.6 is 11.8 Å². The second-order valence-electron chi connectivity index (χ2n) is 4.38. The smallest absolute Gasteiger partial charge is 0.0522 e. The molecule has 1 unspecified atom stereocenters. The highest BCUT2D eigenvalue weighted by Crippen LogP contribution is 2.32. The van der Waals surface area contributed by atoms with Crippen LogP contribution in [-0.2, 0) is 6.42 Å². The van der Waals surface area contributed by atoms with E-state index in [4.69, 9.17) is 5.73 Å². The second kappa shape index (κ2) is 5.03. The molecule has 84 valence electrons. The molecule has 0 saturated carbocycles. The van der Waals surface area contributed by atoms with E-state index in [2.05, 4.69) is 22.0 Å². The van der Waals surface area contributed by atoms with E-state index < -0.39 is 0 Å². The molecule has 1 aromatic heterocycles. The summed E-state index contributed by atoms with van der Waals surface area (Å²) >= 11 is 2.06. The molecule has 2 heterocycles. The van der Waals surface area contributed by atoms with Crippen LogP contribution < -0.4 is 5.73 Å². The van der Waals surface area contributed by atoms with Crippen molar-refractivity contribution in [2.45, 2.75) is 38.1 Å². The molecule has 0 radical (unpaired) electrons. The molecule has 1 saturated heterocycles. The van der Waals surface area contributed by atoms with E-state index in [-0.39, 0.29) is 6.04 Å². The molecule has 3 nitrogen and oxygen atoms in total. The Balaban J connectivity index is 2.09. The van der Waals surface area contributed by atoms with Crippen molar-refractivity contribution in [2.75, 3.05) is 11.5 Å². The van der Waals surface area contributed by atoms with Crippen LogP contribution in [0.4, 0.5) is 0 Å². The van der Waals surface area contributed by atoms with Gasteiger partial charge in [-0.3, -0.25) is 5.10 Å². The molecule has 0 aliphatic carbocycles. The third-order valence-electron chi connectivity index (χ3n) is 2.92. The average molecular weight is 225 g/mol. The molecule has 1 aliphatic rings. The molecule has 0 aromatic carbocycles.